The van der Waals surface area contributed by atoms with Crippen LogP contribution >= 0.6 is 0 Å². The molecule has 0 saturated heterocycles. The van der Waals surface area contributed by atoms with Crippen molar-refractivity contribution in [1.29, 1.82) is 0 Å². The fourth-order valence-electron chi connectivity index (χ4n) is 1.66. The molecule has 86 valence electrons. The Morgan fingerprint density at radius 3 is 2.75 bits per heavy atom. The standard InChI is InChI=1S/C12H12F2O2/c1-2-3-10(15)12-6-8-9(14)4-7(13)5-11(8)16-12/h4-6,10,15H,2-3H2,1H3. The van der Waals surface area contributed by atoms with Crippen molar-refractivity contribution >= 4 is 11.0 Å². The third-order valence-electron chi connectivity index (χ3n) is 2.46. The second kappa shape index (κ2) is 4.22. The van der Waals surface area contributed by atoms with Crippen molar-refractivity contribution in [2.45, 2.75) is 25.9 Å². The average molecular weight is 226 g/mol. The lowest BCUT2D eigenvalue weighted by Crippen LogP contribution is -1.93. The van der Waals surface area contributed by atoms with Gasteiger partial charge < -0.3 is 9.52 Å². The van der Waals surface area contributed by atoms with E-state index in [1.165, 1.54) is 6.07 Å². The van der Waals surface area contributed by atoms with Gasteiger partial charge in [0.2, 0.25) is 0 Å². The maximum absolute atomic E-state index is 13.3. The summed E-state index contributed by atoms with van der Waals surface area (Å²) in [4.78, 5) is 0. The number of fused-ring (bicyclic) bond motifs is 1. The monoisotopic (exact) mass is 226 g/mol. The average Bonchev–Trinajstić information content (AvgIpc) is 2.62. The minimum atomic E-state index is -0.764. The van der Waals surface area contributed by atoms with E-state index in [2.05, 4.69) is 0 Å². The highest BCUT2D eigenvalue weighted by Gasteiger charge is 2.15. The van der Waals surface area contributed by atoms with Crippen LogP contribution in [0.3, 0.4) is 0 Å². The number of hydrogen-bond donors (Lipinski definition) is 1. The Balaban J connectivity index is 2.47. The smallest absolute Gasteiger partial charge is 0.140 e. The van der Waals surface area contributed by atoms with E-state index in [-0.39, 0.29) is 16.7 Å². The molecule has 1 aromatic carbocycles. The summed E-state index contributed by atoms with van der Waals surface area (Å²) in [7, 11) is 0. The number of furan rings is 1. The summed E-state index contributed by atoms with van der Waals surface area (Å²) in [6.07, 6.45) is 0.554. The summed E-state index contributed by atoms with van der Waals surface area (Å²) in [5.74, 6) is -1.08. The summed E-state index contributed by atoms with van der Waals surface area (Å²) in [6.45, 7) is 1.92. The van der Waals surface area contributed by atoms with Gasteiger partial charge >= 0.3 is 0 Å². The van der Waals surface area contributed by atoms with Crippen LogP contribution in [0.25, 0.3) is 11.0 Å². The largest absolute Gasteiger partial charge is 0.458 e. The Morgan fingerprint density at radius 1 is 1.31 bits per heavy atom. The lowest BCUT2D eigenvalue weighted by atomic mass is 10.1. The molecule has 0 fully saturated rings. The molecule has 0 aliphatic carbocycles. The lowest BCUT2D eigenvalue weighted by molar-refractivity contribution is 0.141. The van der Waals surface area contributed by atoms with E-state index in [1.807, 2.05) is 6.92 Å². The van der Waals surface area contributed by atoms with Crippen LogP contribution in [0.4, 0.5) is 8.78 Å². The Bertz CT molecular complexity index is 505. The van der Waals surface area contributed by atoms with Gasteiger partial charge in [0.1, 0.15) is 29.1 Å². The number of benzene rings is 1. The van der Waals surface area contributed by atoms with E-state index in [1.54, 1.807) is 0 Å². The molecule has 16 heavy (non-hydrogen) atoms. The molecule has 0 spiro atoms. The number of rotatable bonds is 3. The topological polar surface area (TPSA) is 33.4 Å². The third-order valence-corrected chi connectivity index (χ3v) is 2.46. The Kier molecular flexibility index (Phi) is 2.92. The number of aliphatic hydroxyl groups excluding tert-OH is 1. The zero-order chi connectivity index (χ0) is 11.7. The minimum absolute atomic E-state index is 0.127. The molecule has 1 heterocycles. The molecule has 0 amide bonds. The molecule has 0 bridgehead atoms. The Morgan fingerprint density at radius 2 is 2.06 bits per heavy atom. The summed E-state index contributed by atoms with van der Waals surface area (Å²) < 4.78 is 31.4. The van der Waals surface area contributed by atoms with Gasteiger partial charge in [-0.1, -0.05) is 13.3 Å². The molecule has 1 N–H and O–H groups in total. The van der Waals surface area contributed by atoms with Gasteiger partial charge in [0.15, 0.2) is 0 Å². The first-order chi connectivity index (χ1) is 7.61. The fourth-order valence-corrected chi connectivity index (χ4v) is 1.66. The first kappa shape index (κ1) is 11.1. The van der Waals surface area contributed by atoms with Gasteiger partial charge in [-0.15, -0.1) is 0 Å². The third kappa shape index (κ3) is 1.93. The quantitative estimate of drug-likeness (QED) is 0.868. The maximum atomic E-state index is 13.3. The van der Waals surface area contributed by atoms with Crippen LogP contribution in [-0.4, -0.2) is 5.11 Å². The van der Waals surface area contributed by atoms with Crippen molar-refractivity contribution in [3.05, 3.63) is 35.6 Å². The second-order valence-corrected chi connectivity index (χ2v) is 3.75. The Labute approximate surface area is 91.5 Å². The van der Waals surface area contributed by atoms with Crippen molar-refractivity contribution in [3.63, 3.8) is 0 Å². The minimum Gasteiger partial charge on any atom is -0.458 e. The van der Waals surface area contributed by atoms with Crippen molar-refractivity contribution < 1.29 is 18.3 Å². The van der Waals surface area contributed by atoms with E-state index in [9.17, 15) is 13.9 Å². The van der Waals surface area contributed by atoms with Gasteiger partial charge in [-0.25, -0.2) is 8.78 Å². The number of aliphatic hydroxyl groups is 1. The van der Waals surface area contributed by atoms with Crippen LogP contribution in [0.5, 0.6) is 0 Å². The van der Waals surface area contributed by atoms with Crippen LogP contribution < -0.4 is 0 Å². The fraction of sp³-hybridized carbons (Fsp3) is 0.333. The van der Waals surface area contributed by atoms with E-state index in [0.717, 1.165) is 18.6 Å². The summed E-state index contributed by atoms with van der Waals surface area (Å²) in [5, 5.41) is 9.87. The van der Waals surface area contributed by atoms with Crippen molar-refractivity contribution in [3.8, 4) is 0 Å². The highest BCUT2D eigenvalue weighted by molar-refractivity contribution is 5.78. The molecule has 2 rings (SSSR count). The van der Waals surface area contributed by atoms with Crippen LogP contribution in [0.1, 0.15) is 31.6 Å². The molecular formula is C12H12F2O2. The predicted octanol–water partition coefficient (Wildman–Crippen LogP) is 3.54. The molecule has 1 unspecified atom stereocenters. The van der Waals surface area contributed by atoms with Gasteiger partial charge in [0.05, 0.1) is 5.39 Å². The molecule has 0 saturated carbocycles. The molecule has 1 aromatic heterocycles. The van der Waals surface area contributed by atoms with E-state index < -0.39 is 17.7 Å². The molecule has 2 nitrogen and oxygen atoms in total. The molecule has 0 radical (unpaired) electrons. The van der Waals surface area contributed by atoms with Gasteiger partial charge in [0.25, 0.3) is 0 Å². The van der Waals surface area contributed by atoms with Gasteiger partial charge in [-0.2, -0.15) is 0 Å². The van der Waals surface area contributed by atoms with E-state index in [0.29, 0.717) is 6.42 Å². The maximum Gasteiger partial charge on any atom is 0.140 e. The highest BCUT2D eigenvalue weighted by Crippen LogP contribution is 2.28. The zero-order valence-electron chi connectivity index (χ0n) is 8.84. The van der Waals surface area contributed by atoms with Crippen molar-refractivity contribution in [2.24, 2.45) is 0 Å². The van der Waals surface area contributed by atoms with Crippen LogP contribution in [-0.2, 0) is 0 Å². The molecule has 2 aromatic rings. The van der Waals surface area contributed by atoms with E-state index in [4.69, 9.17) is 4.42 Å². The molecule has 4 heteroatoms. The van der Waals surface area contributed by atoms with Gasteiger partial charge in [-0.3, -0.25) is 0 Å². The number of halogens is 2. The predicted molar refractivity (Wildman–Crippen MR) is 56.0 cm³/mol. The van der Waals surface area contributed by atoms with E-state index >= 15 is 0 Å². The van der Waals surface area contributed by atoms with Crippen LogP contribution in [0, 0.1) is 11.6 Å². The highest BCUT2D eigenvalue weighted by atomic mass is 19.1. The van der Waals surface area contributed by atoms with Crippen LogP contribution in [0.2, 0.25) is 0 Å². The second-order valence-electron chi connectivity index (χ2n) is 3.75. The van der Waals surface area contributed by atoms with Crippen LogP contribution in [0.15, 0.2) is 22.6 Å². The summed E-state index contributed by atoms with van der Waals surface area (Å²) in [5.41, 5.74) is 0.127. The van der Waals surface area contributed by atoms with Gasteiger partial charge in [0, 0.05) is 12.1 Å². The summed E-state index contributed by atoms with van der Waals surface area (Å²) in [6, 6.07) is 3.33. The first-order valence-corrected chi connectivity index (χ1v) is 5.18. The van der Waals surface area contributed by atoms with Gasteiger partial charge in [-0.05, 0) is 12.5 Å². The SMILES string of the molecule is CCCC(O)c1cc2c(F)cc(F)cc2o1. The van der Waals surface area contributed by atoms with Crippen molar-refractivity contribution in [2.75, 3.05) is 0 Å². The van der Waals surface area contributed by atoms with Crippen molar-refractivity contribution in [1.82, 2.24) is 0 Å². The molecule has 1 atom stereocenters. The normalized spacial score (nSPS) is 13.2. The zero-order valence-corrected chi connectivity index (χ0v) is 8.84. The molecular weight excluding hydrogens is 214 g/mol. The molecule has 0 aliphatic rings. The summed E-state index contributed by atoms with van der Waals surface area (Å²) >= 11 is 0. The Hall–Kier alpha value is -1.42. The number of hydrogen-bond acceptors (Lipinski definition) is 2. The molecule has 0 aliphatic heterocycles. The lowest BCUT2D eigenvalue weighted by Gasteiger charge is -2.03. The first-order valence-electron chi connectivity index (χ1n) is 5.18.